The Hall–Kier alpha value is -5.13. The van der Waals surface area contributed by atoms with Crippen molar-refractivity contribution in [2.45, 2.75) is 83.8 Å². The van der Waals surface area contributed by atoms with Crippen molar-refractivity contribution >= 4 is 19.3 Å². The number of rotatable bonds is 17. The molecule has 0 amide bonds. The molecule has 1 aromatic heterocycles. The maximum absolute atomic E-state index is 13.3. The van der Waals surface area contributed by atoms with Gasteiger partial charge in [-0.15, -0.1) is 0 Å². The van der Waals surface area contributed by atoms with Crippen LogP contribution in [0.2, 0.25) is 0 Å². The number of benzene rings is 5. The van der Waals surface area contributed by atoms with Crippen LogP contribution in [0.5, 0.6) is 11.5 Å². The lowest BCUT2D eigenvalue weighted by molar-refractivity contribution is -0.0926. The Bertz CT molecular complexity index is 2400. The number of nitrogens with one attached hydrogen (secondary N) is 1. The fourth-order valence-electron chi connectivity index (χ4n) is 7.91. The zero-order valence-corrected chi connectivity index (χ0v) is 36.1. The highest BCUT2D eigenvalue weighted by Gasteiger charge is 2.45. The van der Waals surface area contributed by atoms with Gasteiger partial charge in [0.25, 0.3) is 14.1 Å². The van der Waals surface area contributed by atoms with Crippen LogP contribution < -0.4 is 20.7 Å². The number of aromatic amines is 1. The lowest BCUT2D eigenvalue weighted by Gasteiger charge is -2.39. The average molecular weight is 832 g/mol. The number of ether oxygens (including phenoxy) is 4. The fourth-order valence-corrected chi connectivity index (χ4v) is 9.68. The van der Waals surface area contributed by atoms with Crippen molar-refractivity contribution < 1.29 is 28.0 Å². The Morgan fingerprint density at radius 2 is 1.37 bits per heavy atom. The minimum atomic E-state index is -1.67. The maximum Gasteiger partial charge on any atom is 0.330 e. The standard InChI is InChI=1S/C48H54N3O8P/c1-32(2)51(33(3)4)60(57-30-35-17-18-36-13-11-12-14-37(36)27-35)59-43-28-45(50-29-34(5)46(52)49-47(50)53)58-44(43)31-56-48(38-15-9-8-10-16-38,39-19-23-41(54-6)24-20-39)40-21-25-42(55-7)26-22-40/h8-27,29,32-33,43-45H,28,30-31H2,1-7H3,(H,49,52,53)/t43?,44-,45-,60?/m1/s1. The number of nitrogens with zero attached hydrogens (tertiary/aromatic N) is 2. The summed E-state index contributed by atoms with van der Waals surface area (Å²) in [4.78, 5) is 28.2. The van der Waals surface area contributed by atoms with Gasteiger partial charge in [0.1, 0.15) is 29.4 Å². The SMILES string of the molecule is COc1ccc(C(OC[C@H]2O[C@@H](n3cc(C)c(=O)[nH]c3=O)CC2OP(OCc2ccc3ccccc3c2)N(C(C)C)C(C)C)(c2ccccc2)c2ccc(OC)cc2)cc1. The van der Waals surface area contributed by atoms with Gasteiger partial charge in [-0.05, 0) is 98.0 Å². The molecule has 1 N–H and O–H groups in total. The van der Waals surface area contributed by atoms with E-state index in [0.29, 0.717) is 30.1 Å². The smallest absolute Gasteiger partial charge is 0.330 e. The maximum atomic E-state index is 13.3. The third-order valence-electron chi connectivity index (χ3n) is 10.9. The Balaban J connectivity index is 1.28. The Morgan fingerprint density at radius 3 is 1.97 bits per heavy atom. The van der Waals surface area contributed by atoms with E-state index >= 15 is 0 Å². The molecule has 0 bridgehead atoms. The third kappa shape index (κ3) is 9.27. The highest BCUT2D eigenvalue weighted by Crippen LogP contribution is 2.51. The van der Waals surface area contributed by atoms with E-state index in [-0.39, 0.29) is 18.7 Å². The van der Waals surface area contributed by atoms with Gasteiger partial charge in [-0.25, -0.2) is 9.46 Å². The lowest BCUT2D eigenvalue weighted by atomic mass is 9.80. The third-order valence-corrected chi connectivity index (χ3v) is 13.0. The van der Waals surface area contributed by atoms with Crippen molar-refractivity contribution in [3.05, 3.63) is 176 Å². The van der Waals surface area contributed by atoms with E-state index in [4.69, 9.17) is 28.0 Å². The van der Waals surface area contributed by atoms with Crippen LogP contribution in [0, 0.1) is 6.92 Å². The number of fused-ring (bicyclic) bond motifs is 1. The molecule has 4 atom stereocenters. The monoisotopic (exact) mass is 831 g/mol. The molecule has 1 aliphatic heterocycles. The van der Waals surface area contributed by atoms with Crippen molar-refractivity contribution in [2.75, 3.05) is 20.8 Å². The van der Waals surface area contributed by atoms with Crippen molar-refractivity contribution in [2.24, 2.45) is 0 Å². The minimum absolute atomic E-state index is 0.0579. The molecule has 2 unspecified atom stereocenters. The number of methoxy groups -OCH3 is 2. The number of hydrogen-bond acceptors (Lipinski definition) is 9. The Kier molecular flexibility index (Phi) is 13.7. The molecule has 11 nitrogen and oxygen atoms in total. The quantitative estimate of drug-likeness (QED) is 0.0710. The predicted molar refractivity (Wildman–Crippen MR) is 235 cm³/mol. The highest BCUT2D eigenvalue weighted by molar-refractivity contribution is 7.44. The summed E-state index contributed by atoms with van der Waals surface area (Å²) >= 11 is 0. The van der Waals surface area contributed by atoms with Crippen molar-refractivity contribution in [1.29, 1.82) is 0 Å². The molecule has 1 aliphatic rings. The second-order valence-corrected chi connectivity index (χ2v) is 17.0. The van der Waals surface area contributed by atoms with Gasteiger partial charge < -0.3 is 28.0 Å². The number of aromatic nitrogens is 2. The fraction of sp³-hybridized carbons (Fsp3) is 0.333. The van der Waals surface area contributed by atoms with Crippen LogP contribution >= 0.6 is 8.53 Å². The van der Waals surface area contributed by atoms with Crippen LogP contribution in [0.3, 0.4) is 0 Å². The van der Waals surface area contributed by atoms with Gasteiger partial charge in [-0.2, -0.15) is 0 Å². The van der Waals surface area contributed by atoms with Crippen LogP contribution in [0.1, 0.15) is 68.2 Å². The van der Waals surface area contributed by atoms with E-state index < -0.39 is 43.8 Å². The molecule has 5 aromatic carbocycles. The van der Waals surface area contributed by atoms with Crippen molar-refractivity contribution in [3.63, 3.8) is 0 Å². The molecule has 7 rings (SSSR count). The van der Waals surface area contributed by atoms with Gasteiger partial charge in [0.2, 0.25) is 0 Å². The number of hydrogen-bond donors (Lipinski definition) is 1. The van der Waals surface area contributed by atoms with E-state index in [9.17, 15) is 9.59 Å². The molecule has 0 radical (unpaired) electrons. The summed E-state index contributed by atoms with van der Waals surface area (Å²) in [7, 11) is 1.61. The molecule has 0 aliphatic carbocycles. The summed E-state index contributed by atoms with van der Waals surface area (Å²) < 4.78 is 42.9. The molecule has 6 aromatic rings. The molecule has 1 fully saturated rings. The van der Waals surface area contributed by atoms with E-state index in [1.54, 1.807) is 27.3 Å². The molecule has 12 heteroatoms. The predicted octanol–water partition coefficient (Wildman–Crippen LogP) is 9.26. The number of H-pyrrole nitrogens is 1. The second-order valence-electron chi connectivity index (χ2n) is 15.6. The zero-order chi connectivity index (χ0) is 42.4. The average Bonchev–Trinajstić information content (AvgIpc) is 3.66. The summed E-state index contributed by atoms with van der Waals surface area (Å²) in [6.45, 7) is 10.6. The Morgan fingerprint density at radius 1 is 0.783 bits per heavy atom. The van der Waals surface area contributed by atoms with Gasteiger partial charge >= 0.3 is 5.69 Å². The highest BCUT2D eigenvalue weighted by atomic mass is 31.2. The molecular formula is C48H54N3O8P. The minimum Gasteiger partial charge on any atom is -0.497 e. The molecule has 60 heavy (non-hydrogen) atoms. The summed E-state index contributed by atoms with van der Waals surface area (Å²) in [6, 6.07) is 40.5. The van der Waals surface area contributed by atoms with Crippen molar-refractivity contribution in [1.82, 2.24) is 14.2 Å². The Labute approximate surface area is 352 Å². The van der Waals surface area contributed by atoms with E-state index in [1.165, 1.54) is 4.57 Å². The largest absolute Gasteiger partial charge is 0.497 e. The molecule has 314 valence electrons. The van der Waals surface area contributed by atoms with Crippen LogP contribution in [0.25, 0.3) is 10.8 Å². The summed E-state index contributed by atoms with van der Waals surface area (Å²) in [5, 5.41) is 2.29. The first-order valence-electron chi connectivity index (χ1n) is 20.3. The topological polar surface area (TPSA) is 113 Å². The first-order valence-corrected chi connectivity index (χ1v) is 21.5. The zero-order valence-electron chi connectivity index (χ0n) is 35.2. The van der Waals surface area contributed by atoms with Gasteiger partial charge in [-0.3, -0.25) is 14.3 Å². The first-order chi connectivity index (χ1) is 29.0. The number of aryl methyl sites for hydroxylation is 1. The van der Waals surface area contributed by atoms with E-state index in [2.05, 4.69) is 67.7 Å². The van der Waals surface area contributed by atoms with E-state index in [1.807, 2.05) is 91.0 Å². The summed E-state index contributed by atoms with van der Waals surface area (Å²) in [5.74, 6) is 1.42. The van der Waals surface area contributed by atoms with Crippen LogP contribution in [0.15, 0.2) is 137 Å². The van der Waals surface area contributed by atoms with E-state index in [0.717, 1.165) is 33.0 Å². The molecular weight excluding hydrogens is 778 g/mol. The summed E-state index contributed by atoms with van der Waals surface area (Å²) in [6.07, 6.45) is -0.182. The van der Waals surface area contributed by atoms with Gasteiger partial charge in [0.05, 0.1) is 33.5 Å². The molecule has 0 saturated carbocycles. The van der Waals surface area contributed by atoms with Gasteiger partial charge in [0.15, 0.2) is 0 Å². The van der Waals surface area contributed by atoms with Crippen LogP contribution in [-0.2, 0) is 30.7 Å². The normalized spacial score (nSPS) is 17.5. The molecule has 2 heterocycles. The van der Waals surface area contributed by atoms with Gasteiger partial charge in [-0.1, -0.05) is 91.0 Å². The second kappa shape index (κ2) is 19.1. The first kappa shape index (κ1) is 43.0. The van der Waals surface area contributed by atoms with Crippen LogP contribution in [0.4, 0.5) is 0 Å². The van der Waals surface area contributed by atoms with Gasteiger partial charge in [0, 0.05) is 30.3 Å². The van der Waals surface area contributed by atoms with Crippen molar-refractivity contribution in [3.8, 4) is 11.5 Å². The molecule has 1 saturated heterocycles. The molecule has 0 spiro atoms. The van der Waals surface area contributed by atoms with Crippen LogP contribution in [-0.4, -0.2) is 59.3 Å². The lowest BCUT2D eigenvalue weighted by Crippen LogP contribution is -2.39. The summed E-state index contributed by atoms with van der Waals surface area (Å²) in [5.41, 5.74) is 1.92.